The highest BCUT2D eigenvalue weighted by Gasteiger charge is 2.41. The van der Waals surface area contributed by atoms with E-state index in [0.29, 0.717) is 0 Å². The maximum Gasteiger partial charge on any atom is 0.141 e. The third-order valence-electron chi connectivity index (χ3n) is 4.06. The molecule has 1 aliphatic rings. The standard InChI is InChI=1S/C14H24N2O2/c1-3-10-16-11-9-15-13(16)12(17)14(18-2)7-5-4-6-8-14/h9,11-12,17H,3-8,10H2,1-2H3. The Labute approximate surface area is 109 Å². The zero-order valence-corrected chi connectivity index (χ0v) is 11.4. The first-order valence-electron chi connectivity index (χ1n) is 6.98. The van der Waals surface area contributed by atoms with Gasteiger partial charge in [0.1, 0.15) is 17.5 Å². The Kier molecular flexibility index (Phi) is 4.40. The average Bonchev–Trinajstić information content (AvgIpc) is 2.87. The van der Waals surface area contributed by atoms with Crippen molar-refractivity contribution in [1.82, 2.24) is 9.55 Å². The van der Waals surface area contributed by atoms with E-state index in [1.54, 1.807) is 13.3 Å². The highest BCUT2D eigenvalue weighted by Crippen LogP contribution is 2.40. The molecule has 1 atom stereocenters. The number of aryl methyl sites for hydroxylation is 1. The van der Waals surface area contributed by atoms with E-state index in [1.165, 1.54) is 6.42 Å². The van der Waals surface area contributed by atoms with Crippen LogP contribution in [0.3, 0.4) is 0 Å². The Balaban J connectivity index is 2.22. The van der Waals surface area contributed by atoms with Gasteiger partial charge in [-0.1, -0.05) is 26.2 Å². The lowest BCUT2D eigenvalue weighted by Gasteiger charge is -2.39. The lowest BCUT2D eigenvalue weighted by atomic mass is 9.80. The minimum Gasteiger partial charge on any atom is -0.382 e. The number of rotatable bonds is 5. The van der Waals surface area contributed by atoms with Gasteiger partial charge in [0.05, 0.1) is 0 Å². The minimum atomic E-state index is -0.621. The first kappa shape index (κ1) is 13.6. The van der Waals surface area contributed by atoms with Crippen molar-refractivity contribution in [3.05, 3.63) is 18.2 Å². The largest absolute Gasteiger partial charge is 0.382 e. The van der Waals surface area contributed by atoms with Gasteiger partial charge in [0.2, 0.25) is 0 Å². The second-order valence-electron chi connectivity index (χ2n) is 5.21. The Morgan fingerprint density at radius 1 is 1.44 bits per heavy atom. The van der Waals surface area contributed by atoms with Gasteiger partial charge in [-0.2, -0.15) is 0 Å². The molecule has 1 aromatic rings. The molecule has 4 heteroatoms. The van der Waals surface area contributed by atoms with Gasteiger partial charge >= 0.3 is 0 Å². The van der Waals surface area contributed by atoms with E-state index in [1.807, 2.05) is 10.8 Å². The van der Waals surface area contributed by atoms with E-state index in [0.717, 1.165) is 44.5 Å². The number of imidazole rings is 1. The second-order valence-corrected chi connectivity index (χ2v) is 5.21. The molecule has 2 rings (SSSR count). The molecule has 1 heterocycles. The molecule has 1 fully saturated rings. The monoisotopic (exact) mass is 252 g/mol. The van der Waals surface area contributed by atoms with Crippen molar-refractivity contribution in [1.29, 1.82) is 0 Å². The van der Waals surface area contributed by atoms with Crippen molar-refractivity contribution >= 4 is 0 Å². The van der Waals surface area contributed by atoms with Crippen LogP contribution in [0.2, 0.25) is 0 Å². The number of hydrogen-bond acceptors (Lipinski definition) is 3. The molecule has 1 unspecified atom stereocenters. The third-order valence-corrected chi connectivity index (χ3v) is 4.06. The van der Waals surface area contributed by atoms with Crippen LogP contribution >= 0.6 is 0 Å². The van der Waals surface area contributed by atoms with Gasteiger partial charge < -0.3 is 14.4 Å². The Bertz CT molecular complexity index is 370. The Morgan fingerprint density at radius 2 is 2.17 bits per heavy atom. The van der Waals surface area contributed by atoms with Gasteiger partial charge in [0.15, 0.2) is 0 Å². The van der Waals surface area contributed by atoms with Gasteiger partial charge in [0, 0.05) is 26.0 Å². The van der Waals surface area contributed by atoms with E-state index in [2.05, 4.69) is 11.9 Å². The molecule has 1 N–H and O–H groups in total. The van der Waals surface area contributed by atoms with Crippen molar-refractivity contribution in [2.24, 2.45) is 0 Å². The molecule has 4 nitrogen and oxygen atoms in total. The molecule has 0 radical (unpaired) electrons. The third kappa shape index (κ3) is 2.45. The fraction of sp³-hybridized carbons (Fsp3) is 0.786. The summed E-state index contributed by atoms with van der Waals surface area (Å²) < 4.78 is 7.74. The van der Waals surface area contributed by atoms with E-state index in [-0.39, 0.29) is 0 Å². The molecular formula is C14H24N2O2. The molecule has 0 aromatic carbocycles. The summed E-state index contributed by atoms with van der Waals surface area (Å²) in [5.41, 5.74) is -0.435. The fourth-order valence-corrected chi connectivity index (χ4v) is 2.97. The fourth-order valence-electron chi connectivity index (χ4n) is 2.97. The zero-order valence-electron chi connectivity index (χ0n) is 11.4. The van der Waals surface area contributed by atoms with Gasteiger partial charge in [0.25, 0.3) is 0 Å². The maximum absolute atomic E-state index is 10.7. The number of aliphatic hydroxyl groups excluding tert-OH is 1. The summed E-state index contributed by atoms with van der Waals surface area (Å²) in [6.45, 7) is 3.02. The van der Waals surface area contributed by atoms with Crippen molar-refractivity contribution in [3.8, 4) is 0 Å². The summed E-state index contributed by atoms with van der Waals surface area (Å²) in [6, 6.07) is 0. The van der Waals surface area contributed by atoms with Crippen molar-refractivity contribution in [2.75, 3.05) is 7.11 Å². The van der Waals surface area contributed by atoms with E-state index in [9.17, 15) is 5.11 Å². The summed E-state index contributed by atoms with van der Waals surface area (Å²) in [5, 5.41) is 10.7. The zero-order chi connectivity index (χ0) is 13.0. The lowest BCUT2D eigenvalue weighted by molar-refractivity contribution is -0.129. The Hall–Kier alpha value is -0.870. The van der Waals surface area contributed by atoms with Crippen LogP contribution in [-0.4, -0.2) is 27.4 Å². The summed E-state index contributed by atoms with van der Waals surface area (Å²) in [6.07, 6.45) is 9.45. The molecule has 102 valence electrons. The molecule has 0 amide bonds. The lowest BCUT2D eigenvalue weighted by Crippen LogP contribution is -2.41. The number of aliphatic hydroxyl groups is 1. The number of hydrogen-bond donors (Lipinski definition) is 1. The summed E-state index contributed by atoms with van der Waals surface area (Å²) in [4.78, 5) is 4.34. The van der Waals surface area contributed by atoms with Crippen LogP contribution in [0.15, 0.2) is 12.4 Å². The number of methoxy groups -OCH3 is 1. The Morgan fingerprint density at radius 3 is 2.78 bits per heavy atom. The normalized spacial score (nSPS) is 20.8. The highest BCUT2D eigenvalue weighted by molar-refractivity contribution is 5.05. The van der Waals surface area contributed by atoms with Crippen molar-refractivity contribution in [3.63, 3.8) is 0 Å². The SMILES string of the molecule is CCCn1ccnc1C(O)C1(OC)CCCCC1. The molecule has 0 bridgehead atoms. The summed E-state index contributed by atoms with van der Waals surface area (Å²) in [7, 11) is 1.71. The molecule has 1 saturated carbocycles. The van der Waals surface area contributed by atoms with E-state index < -0.39 is 11.7 Å². The van der Waals surface area contributed by atoms with E-state index in [4.69, 9.17) is 4.74 Å². The average molecular weight is 252 g/mol. The number of ether oxygens (including phenoxy) is 1. The van der Waals surface area contributed by atoms with Crippen LogP contribution in [0.1, 0.15) is 57.4 Å². The van der Waals surface area contributed by atoms with Crippen LogP contribution in [0.5, 0.6) is 0 Å². The van der Waals surface area contributed by atoms with Crippen molar-refractivity contribution in [2.45, 2.75) is 63.7 Å². The molecule has 1 aliphatic carbocycles. The molecule has 1 aromatic heterocycles. The molecule has 0 spiro atoms. The minimum absolute atomic E-state index is 0.435. The van der Waals surface area contributed by atoms with Crippen LogP contribution in [-0.2, 0) is 11.3 Å². The summed E-state index contributed by atoms with van der Waals surface area (Å²) >= 11 is 0. The molecular weight excluding hydrogens is 228 g/mol. The molecule has 0 saturated heterocycles. The van der Waals surface area contributed by atoms with Gasteiger partial charge in [-0.15, -0.1) is 0 Å². The van der Waals surface area contributed by atoms with Crippen LogP contribution in [0.25, 0.3) is 0 Å². The maximum atomic E-state index is 10.7. The highest BCUT2D eigenvalue weighted by atomic mass is 16.5. The second kappa shape index (κ2) is 5.85. The van der Waals surface area contributed by atoms with Crippen LogP contribution < -0.4 is 0 Å². The van der Waals surface area contributed by atoms with Crippen LogP contribution in [0, 0.1) is 0 Å². The smallest absolute Gasteiger partial charge is 0.141 e. The molecule has 18 heavy (non-hydrogen) atoms. The van der Waals surface area contributed by atoms with Gasteiger partial charge in [-0.25, -0.2) is 4.98 Å². The molecule has 0 aliphatic heterocycles. The van der Waals surface area contributed by atoms with E-state index >= 15 is 0 Å². The summed E-state index contributed by atoms with van der Waals surface area (Å²) in [5.74, 6) is 0.751. The van der Waals surface area contributed by atoms with Crippen molar-refractivity contribution < 1.29 is 9.84 Å². The first-order valence-corrected chi connectivity index (χ1v) is 6.98. The van der Waals surface area contributed by atoms with Crippen LogP contribution in [0.4, 0.5) is 0 Å². The quantitative estimate of drug-likeness (QED) is 0.876. The predicted molar refractivity (Wildman–Crippen MR) is 70.3 cm³/mol. The van der Waals surface area contributed by atoms with Gasteiger partial charge in [-0.05, 0) is 19.3 Å². The topological polar surface area (TPSA) is 47.3 Å². The predicted octanol–water partition coefficient (Wildman–Crippen LogP) is 2.68. The van der Waals surface area contributed by atoms with Gasteiger partial charge in [-0.3, -0.25) is 0 Å². The first-order chi connectivity index (χ1) is 8.73. The number of nitrogens with zero attached hydrogens (tertiary/aromatic N) is 2. The number of aromatic nitrogens is 2.